The summed E-state index contributed by atoms with van der Waals surface area (Å²) in [5, 5.41) is 0. The van der Waals surface area contributed by atoms with E-state index in [2.05, 4.69) is 9.71 Å². The first-order valence-corrected chi connectivity index (χ1v) is 8.33. The van der Waals surface area contributed by atoms with Crippen molar-refractivity contribution in [3.63, 3.8) is 0 Å². The zero-order valence-corrected chi connectivity index (χ0v) is 11.7. The molecule has 2 aromatic rings. The minimum atomic E-state index is -1.16. The lowest BCUT2D eigenvalue weighted by Gasteiger charge is -2.21. The second-order valence-corrected chi connectivity index (χ2v) is 7.12. The summed E-state index contributed by atoms with van der Waals surface area (Å²) in [5.41, 5.74) is 0.941. The van der Waals surface area contributed by atoms with Crippen molar-refractivity contribution in [3.05, 3.63) is 24.3 Å². The first-order valence-electron chi connectivity index (χ1n) is 6.36. The third-order valence-corrected chi connectivity index (χ3v) is 5.80. The number of para-hydroxylation sites is 1. The molecule has 0 bridgehead atoms. The Morgan fingerprint density at radius 1 is 1.22 bits per heavy atom. The number of rotatable bonds is 3. The van der Waals surface area contributed by atoms with Crippen molar-refractivity contribution in [2.24, 2.45) is 0 Å². The van der Waals surface area contributed by atoms with Crippen LogP contribution in [0.25, 0.3) is 10.2 Å². The van der Waals surface area contributed by atoms with Gasteiger partial charge in [0.05, 0.1) is 10.2 Å². The maximum absolute atomic E-state index is 12.2. The molecule has 3 nitrogen and oxygen atoms in total. The van der Waals surface area contributed by atoms with Crippen molar-refractivity contribution in [1.82, 2.24) is 9.71 Å². The summed E-state index contributed by atoms with van der Waals surface area (Å²) in [5.74, 6) is 0. The molecule has 0 aliphatic heterocycles. The summed E-state index contributed by atoms with van der Waals surface area (Å²) in [4.78, 5) is 4.43. The average Bonchev–Trinajstić information content (AvgIpc) is 2.84. The van der Waals surface area contributed by atoms with Crippen molar-refractivity contribution < 1.29 is 4.21 Å². The fourth-order valence-electron chi connectivity index (χ4n) is 2.35. The quantitative estimate of drug-likeness (QED) is 0.938. The minimum Gasteiger partial charge on any atom is -0.235 e. The Kier molecular flexibility index (Phi) is 3.72. The third-order valence-electron chi connectivity index (χ3n) is 3.31. The lowest BCUT2D eigenvalue weighted by atomic mass is 9.96. The van der Waals surface area contributed by atoms with Gasteiger partial charge >= 0.3 is 0 Å². The van der Waals surface area contributed by atoms with Gasteiger partial charge in [-0.3, -0.25) is 0 Å². The summed E-state index contributed by atoms with van der Waals surface area (Å²) >= 11 is 1.52. The van der Waals surface area contributed by atoms with Gasteiger partial charge in [0.15, 0.2) is 15.3 Å². The van der Waals surface area contributed by atoms with Gasteiger partial charge in [-0.2, -0.15) is 0 Å². The summed E-state index contributed by atoms with van der Waals surface area (Å²) in [7, 11) is -1.16. The average molecular weight is 280 g/mol. The van der Waals surface area contributed by atoms with Gasteiger partial charge in [0, 0.05) is 6.04 Å². The molecule has 0 radical (unpaired) electrons. The molecule has 1 unspecified atom stereocenters. The monoisotopic (exact) mass is 280 g/mol. The molecular weight excluding hydrogens is 264 g/mol. The molecule has 96 valence electrons. The van der Waals surface area contributed by atoms with E-state index >= 15 is 0 Å². The van der Waals surface area contributed by atoms with Crippen molar-refractivity contribution >= 4 is 32.5 Å². The zero-order chi connectivity index (χ0) is 12.4. The van der Waals surface area contributed by atoms with Crippen LogP contribution in [0.2, 0.25) is 0 Å². The Bertz CT molecular complexity index is 528. The highest BCUT2D eigenvalue weighted by atomic mass is 32.2. The molecule has 5 heteroatoms. The van der Waals surface area contributed by atoms with Crippen molar-refractivity contribution in [2.45, 2.75) is 42.5 Å². The number of hydrogen-bond donors (Lipinski definition) is 1. The molecule has 1 N–H and O–H groups in total. The molecule has 18 heavy (non-hydrogen) atoms. The Morgan fingerprint density at radius 2 is 2.00 bits per heavy atom. The Morgan fingerprint density at radius 3 is 2.78 bits per heavy atom. The number of fused-ring (bicyclic) bond motifs is 1. The van der Waals surface area contributed by atoms with Gasteiger partial charge in [-0.05, 0) is 25.0 Å². The van der Waals surface area contributed by atoms with Gasteiger partial charge in [0.25, 0.3) is 0 Å². The number of nitrogens with zero attached hydrogens (tertiary/aromatic N) is 1. The number of hydrogen-bond acceptors (Lipinski definition) is 3. The predicted molar refractivity (Wildman–Crippen MR) is 76.0 cm³/mol. The van der Waals surface area contributed by atoms with Gasteiger partial charge in [-0.15, -0.1) is 11.3 Å². The molecule has 0 saturated heterocycles. The van der Waals surface area contributed by atoms with E-state index in [0.717, 1.165) is 23.1 Å². The van der Waals surface area contributed by atoms with E-state index in [0.29, 0.717) is 10.4 Å². The topological polar surface area (TPSA) is 42.0 Å². The highest BCUT2D eigenvalue weighted by molar-refractivity contribution is 7.85. The van der Waals surface area contributed by atoms with Crippen LogP contribution in [0.15, 0.2) is 28.6 Å². The first kappa shape index (κ1) is 12.3. The Hall–Kier alpha value is -0.780. The number of nitrogens with one attached hydrogen (secondary N) is 1. The van der Waals surface area contributed by atoms with Crippen LogP contribution in [0.1, 0.15) is 32.1 Å². The molecule has 1 aliphatic rings. The molecule has 0 spiro atoms. The number of aromatic nitrogens is 1. The highest BCUT2D eigenvalue weighted by Crippen LogP contribution is 2.24. The van der Waals surface area contributed by atoms with E-state index in [-0.39, 0.29) is 0 Å². The molecule has 1 fully saturated rings. The minimum absolute atomic E-state index is 0.395. The van der Waals surface area contributed by atoms with Crippen LogP contribution in [0.4, 0.5) is 0 Å². The fraction of sp³-hybridized carbons (Fsp3) is 0.462. The summed E-state index contributed by atoms with van der Waals surface area (Å²) < 4.78 is 17.2. The lowest BCUT2D eigenvalue weighted by Crippen LogP contribution is -2.32. The van der Waals surface area contributed by atoms with Crippen LogP contribution in [0.5, 0.6) is 0 Å². The largest absolute Gasteiger partial charge is 0.235 e. The second-order valence-electron chi connectivity index (χ2n) is 4.67. The zero-order valence-electron chi connectivity index (χ0n) is 10.1. The molecule has 1 heterocycles. The SMILES string of the molecule is O=S(NC1CCCCC1)c1nc2ccccc2s1. The Labute approximate surface area is 113 Å². The van der Waals surface area contributed by atoms with Gasteiger partial charge < -0.3 is 0 Å². The normalized spacial score (nSPS) is 19.1. The maximum Gasteiger partial charge on any atom is 0.197 e. The van der Waals surface area contributed by atoms with Crippen molar-refractivity contribution in [2.75, 3.05) is 0 Å². The van der Waals surface area contributed by atoms with Crippen molar-refractivity contribution in [1.29, 1.82) is 0 Å². The van der Waals surface area contributed by atoms with Gasteiger partial charge in [0.1, 0.15) is 0 Å². The number of thiazole rings is 1. The van der Waals surface area contributed by atoms with Gasteiger partial charge in [-0.1, -0.05) is 31.4 Å². The van der Waals surface area contributed by atoms with Crippen molar-refractivity contribution in [3.8, 4) is 0 Å². The first-order chi connectivity index (χ1) is 8.83. The van der Waals surface area contributed by atoms with Gasteiger partial charge in [-0.25, -0.2) is 13.9 Å². The molecular formula is C13H16N2OS2. The molecule has 0 amide bonds. The third kappa shape index (κ3) is 2.63. The molecule has 1 aromatic carbocycles. The van der Waals surface area contributed by atoms with Gasteiger partial charge in [0.2, 0.25) is 0 Å². The molecule has 1 aromatic heterocycles. The molecule has 1 aliphatic carbocycles. The van der Waals surface area contributed by atoms with Crippen LogP contribution < -0.4 is 4.72 Å². The van der Waals surface area contributed by atoms with E-state index in [1.54, 1.807) is 0 Å². The van der Waals surface area contributed by atoms with Crippen LogP contribution in [-0.2, 0) is 11.0 Å². The molecule has 1 atom stereocenters. The van der Waals surface area contributed by atoms with Crippen LogP contribution in [-0.4, -0.2) is 15.2 Å². The van der Waals surface area contributed by atoms with Crippen LogP contribution in [0, 0.1) is 0 Å². The van der Waals surface area contributed by atoms with E-state index in [1.807, 2.05) is 24.3 Å². The highest BCUT2D eigenvalue weighted by Gasteiger charge is 2.18. The summed E-state index contributed by atoms with van der Waals surface area (Å²) in [6.07, 6.45) is 6.07. The van der Waals surface area contributed by atoms with E-state index in [1.165, 1.54) is 30.6 Å². The van der Waals surface area contributed by atoms with E-state index in [9.17, 15) is 4.21 Å². The maximum atomic E-state index is 12.2. The van der Waals surface area contributed by atoms with E-state index < -0.39 is 11.0 Å². The Balaban J connectivity index is 1.74. The van der Waals surface area contributed by atoms with Crippen LogP contribution in [0.3, 0.4) is 0 Å². The summed E-state index contributed by atoms with van der Waals surface area (Å²) in [6, 6.07) is 8.33. The fourth-order valence-corrected chi connectivity index (χ4v) is 4.59. The second kappa shape index (κ2) is 5.47. The smallest absolute Gasteiger partial charge is 0.197 e. The summed E-state index contributed by atoms with van der Waals surface area (Å²) in [6.45, 7) is 0. The molecule has 3 rings (SSSR count). The number of benzene rings is 1. The predicted octanol–water partition coefficient (Wildman–Crippen LogP) is 3.24. The lowest BCUT2D eigenvalue weighted by molar-refractivity contribution is 0.419. The molecule has 1 saturated carbocycles. The standard InChI is InChI=1S/C13H16N2OS2/c16-18(15-10-6-2-1-3-7-10)13-14-11-8-4-5-9-12(11)17-13/h4-5,8-10,15H,1-3,6-7H2. The van der Waals surface area contributed by atoms with Crippen LogP contribution >= 0.6 is 11.3 Å². The van der Waals surface area contributed by atoms with E-state index in [4.69, 9.17) is 0 Å².